The quantitative estimate of drug-likeness (QED) is 0.743. The van der Waals surface area contributed by atoms with Gasteiger partial charge in [-0.3, -0.25) is 0 Å². The highest BCUT2D eigenvalue weighted by molar-refractivity contribution is 5.36. The molecule has 14 heavy (non-hydrogen) atoms. The van der Waals surface area contributed by atoms with Crippen molar-refractivity contribution in [2.45, 2.75) is 32.6 Å². The Kier molecular flexibility index (Phi) is 2.48. The summed E-state index contributed by atoms with van der Waals surface area (Å²) in [5.41, 5.74) is 2.12. The molecule has 3 nitrogen and oxygen atoms in total. The predicted octanol–water partition coefficient (Wildman–Crippen LogP) is 2.63. The Bertz CT molecular complexity index is 415. The van der Waals surface area contributed by atoms with Crippen LogP contribution in [-0.4, -0.2) is 14.6 Å². The highest BCUT2D eigenvalue weighted by atomic mass is 15.2. The summed E-state index contributed by atoms with van der Waals surface area (Å²) in [5, 5.41) is 4.12. The van der Waals surface area contributed by atoms with Crippen LogP contribution >= 0.6 is 0 Å². The summed E-state index contributed by atoms with van der Waals surface area (Å²) in [5.74, 6) is 0.579. The van der Waals surface area contributed by atoms with Gasteiger partial charge in [-0.1, -0.05) is 13.8 Å². The third-order valence-electron chi connectivity index (χ3n) is 2.68. The molecule has 0 spiro atoms. The minimum Gasteiger partial charge on any atom is -0.233 e. The largest absolute Gasteiger partial charge is 0.233 e. The van der Waals surface area contributed by atoms with Crippen molar-refractivity contribution in [1.82, 2.24) is 14.6 Å². The van der Waals surface area contributed by atoms with Crippen molar-refractivity contribution in [3.05, 3.63) is 30.2 Å². The smallest absolute Gasteiger partial charge is 0.155 e. The molecule has 0 radical (unpaired) electrons. The molecule has 2 rings (SSSR count). The summed E-state index contributed by atoms with van der Waals surface area (Å²) in [6, 6.07) is 4.00. The zero-order chi connectivity index (χ0) is 9.97. The van der Waals surface area contributed by atoms with E-state index in [-0.39, 0.29) is 0 Å². The third kappa shape index (κ3) is 1.50. The molecule has 0 bridgehead atoms. The first kappa shape index (κ1) is 9.19. The van der Waals surface area contributed by atoms with E-state index >= 15 is 0 Å². The highest BCUT2D eigenvalue weighted by Crippen LogP contribution is 2.20. The molecule has 2 aromatic heterocycles. The summed E-state index contributed by atoms with van der Waals surface area (Å²) in [6.07, 6.45) is 6.05. The molecular formula is C11H15N3. The molecule has 3 heteroatoms. The molecule has 0 aromatic carbocycles. The van der Waals surface area contributed by atoms with Crippen LogP contribution in [0.25, 0.3) is 5.65 Å². The average molecular weight is 189 g/mol. The average Bonchev–Trinajstić information content (AvgIpc) is 2.66. The number of hydrogen-bond donors (Lipinski definition) is 0. The van der Waals surface area contributed by atoms with Gasteiger partial charge in [-0.15, -0.1) is 0 Å². The summed E-state index contributed by atoms with van der Waals surface area (Å²) in [4.78, 5) is 4.58. The predicted molar refractivity (Wildman–Crippen MR) is 56.3 cm³/mol. The number of aromatic nitrogens is 3. The van der Waals surface area contributed by atoms with E-state index in [0.29, 0.717) is 5.92 Å². The summed E-state index contributed by atoms with van der Waals surface area (Å²) < 4.78 is 1.80. The van der Waals surface area contributed by atoms with Gasteiger partial charge >= 0.3 is 0 Å². The standard InChI is InChI=1S/C11H15N3/c1-3-9(4-2)10-6-8-14-11(13-10)5-7-12-14/h5-9H,3-4H2,1-2H3. The minimum atomic E-state index is 0.579. The van der Waals surface area contributed by atoms with Gasteiger partial charge in [0.05, 0.1) is 6.20 Å². The van der Waals surface area contributed by atoms with E-state index in [4.69, 9.17) is 0 Å². The van der Waals surface area contributed by atoms with Crippen molar-refractivity contribution in [3.63, 3.8) is 0 Å². The second kappa shape index (κ2) is 3.78. The lowest BCUT2D eigenvalue weighted by atomic mass is 9.99. The molecule has 0 atom stereocenters. The molecule has 0 fully saturated rings. The van der Waals surface area contributed by atoms with Crippen LogP contribution in [-0.2, 0) is 0 Å². The Morgan fingerprint density at radius 2 is 2.07 bits per heavy atom. The van der Waals surface area contributed by atoms with Gasteiger partial charge in [-0.2, -0.15) is 5.10 Å². The lowest BCUT2D eigenvalue weighted by molar-refractivity contribution is 0.622. The maximum atomic E-state index is 4.58. The molecule has 0 aliphatic carbocycles. The van der Waals surface area contributed by atoms with Gasteiger partial charge in [0.2, 0.25) is 0 Å². The second-order valence-electron chi connectivity index (χ2n) is 3.50. The number of rotatable bonds is 3. The van der Waals surface area contributed by atoms with Crippen molar-refractivity contribution in [2.75, 3.05) is 0 Å². The van der Waals surface area contributed by atoms with E-state index in [2.05, 4.69) is 30.0 Å². The summed E-state index contributed by atoms with van der Waals surface area (Å²) in [6.45, 7) is 4.41. The minimum absolute atomic E-state index is 0.579. The maximum absolute atomic E-state index is 4.58. The van der Waals surface area contributed by atoms with Gasteiger partial charge in [0.25, 0.3) is 0 Å². The van der Waals surface area contributed by atoms with Crippen LogP contribution in [0.2, 0.25) is 0 Å². The molecule has 0 aliphatic rings. The Morgan fingerprint density at radius 1 is 1.29 bits per heavy atom. The molecular weight excluding hydrogens is 174 g/mol. The first-order valence-corrected chi connectivity index (χ1v) is 5.15. The fourth-order valence-electron chi connectivity index (χ4n) is 1.76. The van der Waals surface area contributed by atoms with E-state index in [1.165, 1.54) is 5.69 Å². The number of nitrogens with zero attached hydrogens (tertiary/aromatic N) is 3. The molecule has 0 aliphatic heterocycles. The Hall–Kier alpha value is -1.38. The van der Waals surface area contributed by atoms with Crippen molar-refractivity contribution in [1.29, 1.82) is 0 Å². The van der Waals surface area contributed by atoms with E-state index in [0.717, 1.165) is 18.5 Å². The van der Waals surface area contributed by atoms with Gasteiger partial charge < -0.3 is 0 Å². The monoisotopic (exact) mass is 189 g/mol. The molecule has 2 heterocycles. The van der Waals surface area contributed by atoms with Crippen LogP contribution in [0.1, 0.15) is 38.3 Å². The van der Waals surface area contributed by atoms with E-state index in [9.17, 15) is 0 Å². The van der Waals surface area contributed by atoms with Crippen LogP contribution in [0.4, 0.5) is 0 Å². The topological polar surface area (TPSA) is 30.2 Å². The first-order valence-electron chi connectivity index (χ1n) is 5.15. The molecule has 0 unspecified atom stereocenters. The lowest BCUT2D eigenvalue weighted by Gasteiger charge is -2.11. The zero-order valence-corrected chi connectivity index (χ0v) is 8.64. The molecule has 74 valence electrons. The van der Waals surface area contributed by atoms with E-state index in [1.54, 1.807) is 10.7 Å². The Morgan fingerprint density at radius 3 is 2.79 bits per heavy atom. The molecule has 0 N–H and O–H groups in total. The number of hydrogen-bond acceptors (Lipinski definition) is 2. The van der Waals surface area contributed by atoms with Gasteiger partial charge in [0, 0.05) is 23.9 Å². The number of fused-ring (bicyclic) bond motifs is 1. The van der Waals surface area contributed by atoms with Crippen LogP contribution < -0.4 is 0 Å². The van der Waals surface area contributed by atoms with E-state index in [1.807, 2.05) is 12.3 Å². The first-order chi connectivity index (χ1) is 6.85. The molecule has 2 aromatic rings. The Balaban J connectivity index is 2.42. The van der Waals surface area contributed by atoms with Crippen LogP contribution in [0.3, 0.4) is 0 Å². The van der Waals surface area contributed by atoms with Crippen LogP contribution in [0.5, 0.6) is 0 Å². The zero-order valence-electron chi connectivity index (χ0n) is 8.64. The van der Waals surface area contributed by atoms with Gasteiger partial charge in [-0.05, 0) is 18.9 Å². The summed E-state index contributed by atoms with van der Waals surface area (Å²) in [7, 11) is 0. The van der Waals surface area contributed by atoms with Crippen molar-refractivity contribution < 1.29 is 0 Å². The lowest BCUT2D eigenvalue weighted by Crippen LogP contribution is -2.01. The van der Waals surface area contributed by atoms with Gasteiger partial charge in [-0.25, -0.2) is 9.50 Å². The Labute approximate surface area is 83.8 Å². The molecule has 0 saturated heterocycles. The van der Waals surface area contributed by atoms with Crippen molar-refractivity contribution >= 4 is 5.65 Å². The fourth-order valence-corrected chi connectivity index (χ4v) is 1.76. The van der Waals surface area contributed by atoms with Gasteiger partial charge in [0.15, 0.2) is 5.65 Å². The van der Waals surface area contributed by atoms with Crippen LogP contribution in [0, 0.1) is 0 Å². The normalized spacial score (nSPS) is 11.4. The third-order valence-corrected chi connectivity index (χ3v) is 2.68. The van der Waals surface area contributed by atoms with E-state index < -0.39 is 0 Å². The van der Waals surface area contributed by atoms with Crippen LogP contribution in [0.15, 0.2) is 24.5 Å². The fraction of sp³-hybridized carbons (Fsp3) is 0.455. The molecule has 0 amide bonds. The van der Waals surface area contributed by atoms with Crippen molar-refractivity contribution in [3.8, 4) is 0 Å². The van der Waals surface area contributed by atoms with Gasteiger partial charge in [0.1, 0.15) is 0 Å². The highest BCUT2D eigenvalue weighted by Gasteiger charge is 2.08. The SMILES string of the molecule is CCC(CC)c1ccn2nccc2n1. The summed E-state index contributed by atoms with van der Waals surface area (Å²) >= 11 is 0. The molecule has 0 saturated carbocycles. The van der Waals surface area contributed by atoms with Crippen molar-refractivity contribution in [2.24, 2.45) is 0 Å². The maximum Gasteiger partial charge on any atom is 0.155 e. The second-order valence-corrected chi connectivity index (χ2v) is 3.50.